The molecule has 138 valence electrons. The molecule has 0 radical (unpaired) electrons. The average molecular weight is 354 g/mol. The quantitative estimate of drug-likeness (QED) is 0.620. The van der Waals surface area contributed by atoms with Crippen LogP contribution in [0.3, 0.4) is 0 Å². The van der Waals surface area contributed by atoms with Gasteiger partial charge in [-0.05, 0) is 58.3 Å². The molecule has 0 fully saturated rings. The van der Waals surface area contributed by atoms with E-state index in [2.05, 4.69) is 67.1 Å². The fraction of sp³-hybridized carbons (Fsp3) is 0.421. The van der Waals surface area contributed by atoms with Crippen molar-refractivity contribution in [3.05, 3.63) is 36.9 Å². The van der Waals surface area contributed by atoms with Crippen LogP contribution in [0, 0.1) is 0 Å². The fourth-order valence-corrected chi connectivity index (χ4v) is 2.72. The molecule has 0 atom stereocenters. The summed E-state index contributed by atoms with van der Waals surface area (Å²) in [5.74, 6) is 1.45. The monoisotopic (exact) mass is 354 g/mol. The van der Waals surface area contributed by atoms with Gasteiger partial charge in [0.25, 0.3) is 0 Å². The van der Waals surface area contributed by atoms with Gasteiger partial charge in [0, 0.05) is 31.4 Å². The predicted molar refractivity (Wildman–Crippen MR) is 103 cm³/mol. The van der Waals surface area contributed by atoms with E-state index >= 15 is 0 Å². The summed E-state index contributed by atoms with van der Waals surface area (Å²) in [4.78, 5) is 13.3. The molecule has 2 aromatic heterocycles. The van der Waals surface area contributed by atoms with Crippen molar-refractivity contribution in [3.63, 3.8) is 0 Å². The van der Waals surface area contributed by atoms with Crippen molar-refractivity contribution in [1.82, 2.24) is 24.6 Å². The summed E-state index contributed by atoms with van der Waals surface area (Å²) in [7, 11) is 6.22. The summed E-state index contributed by atoms with van der Waals surface area (Å²) in [5.41, 5.74) is 2.88. The number of rotatable bonds is 8. The molecule has 1 aromatic carbocycles. The molecular weight excluding hydrogens is 328 g/mol. The Bertz CT molecular complexity index is 807. The average Bonchev–Trinajstić information content (AvgIpc) is 3.30. The van der Waals surface area contributed by atoms with E-state index in [9.17, 15) is 0 Å². The summed E-state index contributed by atoms with van der Waals surface area (Å²) in [6.45, 7) is 4.87. The Morgan fingerprint density at radius 1 is 1.12 bits per heavy atom. The lowest BCUT2D eigenvalue weighted by Gasteiger charge is -2.16. The highest BCUT2D eigenvalue weighted by Crippen LogP contribution is 2.24. The van der Waals surface area contributed by atoms with E-state index in [1.54, 1.807) is 6.26 Å². The first-order valence-corrected chi connectivity index (χ1v) is 8.88. The third-order valence-corrected chi connectivity index (χ3v) is 4.35. The lowest BCUT2D eigenvalue weighted by atomic mass is 10.2. The Morgan fingerprint density at radius 2 is 1.88 bits per heavy atom. The van der Waals surface area contributed by atoms with E-state index in [-0.39, 0.29) is 0 Å². The molecule has 3 aromatic rings. The lowest BCUT2D eigenvalue weighted by molar-refractivity contribution is 0.381. The Kier molecular flexibility index (Phi) is 5.68. The largest absolute Gasteiger partial charge is 0.451 e. The molecule has 0 aliphatic rings. The molecule has 0 bridgehead atoms. The van der Waals surface area contributed by atoms with Crippen LogP contribution in [0.25, 0.3) is 22.9 Å². The summed E-state index contributed by atoms with van der Waals surface area (Å²) in [5, 5.41) is 4.72. The van der Waals surface area contributed by atoms with E-state index < -0.39 is 0 Å². The number of benzene rings is 1. The van der Waals surface area contributed by atoms with Crippen LogP contribution < -0.4 is 4.90 Å². The zero-order chi connectivity index (χ0) is 18.5. The Labute approximate surface area is 154 Å². The van der Waals surface area contributed by atoms with Crippen LogP contribution in [0.1, 0.15) is 13.3 Å². The van der Waals surface area contributed by atoms with Crippen LogP contribution >= 0.6 is 0 Å². The van der Waals surface area contributed by atoms with E-state index in [4.69, 9.17) is 14.5 Å². The number of anilines is 1. The summed E-state index contributed by atoms with van der Waals surface area (Å²) in [6.07, 6.45) is 4.01. The minimum absolute atomic E-state index is 0.705. The second-order valence-electron chi connectivity index (χ2n) is 6.57. The molecule has 3 rings (SSSR count). The topological polar surface area (TPSA) is 63.2 Å². The van der Waals surface area contributed by atoms with Crippen molar-refractivity contribution >= 4 is 5.69 Å². The molecule has 0 aliphatic carbocycles. The lowest BCUT2D eigenvalue weighted by Crippen LogP contribution is -2.16. The van der Waals surface area contributed by atoms with Gasteiger partial charge < -0.3 is 14.2 Å². The maximum absolute atomic E-state index is 5.13. The van der Waals surface area contributed by atoms with Crippen LogP contribution in [0.5, 0.6) is 0 Å². The number of hydrogen-bond acceptors (Lipinski definition) is 6. The van der Waals surface area contributed by atoms with Crippen LogP contribution in [0.2, 0.25) is 0 Å². The molecule has 0 aliphatic heterocycles. The second-order valence-corrected chi connectivity index (χ2v) is 6.57. The molecule has 0 amide bonds. The third kappa shape index (κ3) is 4.11. The smallest absolute Gasteiger partial charge is 0.181 e. The van der Waals surface area contributed by atoms with Crippen molar-refractivity contribution in [3.8, 4) is 22.9 Å². The standard InChI is InChI=1S/C19H26N6O/c1-5-24(4)16-9-7-15(8-10-16)18-21-19(17-13-26-14-20-17)25(22-18)12-6-11-23(2)3/h7-10,13-14H,5-6,11-12H2,1-4H3. The van der Waals surface area contributed by atoms with Gasteiger partial charge in [0.05, 0.1) is 0 Å². The van der Waals surface area contributed by atoms with Gasteiger partial charge >= 0.3 is 0 Å². The number of hydrogen-bond donors (Lipinski definition) is 0. The Hall–Kier alpha value is -2.67. The zero-order valence-electron chi connectivity index (χ0n) is 15.9. The summed E-state index contributed by atoms with van der Waals surface area (Å²) >= 11 is 0. The normalized spacial score (nSPS) is 11.3. The van der Waals surface area contributed by atoms with Gasteiger partial charge in [-0.25, -0.2) is 14.6 Å². The van der Waals surface area contributed by atoms with E-state index in [1.807, 2.05) is 4.68 Å². The minimum Gasteiger partial charge on any atom is -0.451 e. The van der Waals surface area contributed by atoms with Crippen LogP contribution in [-0.4, -0.2) is 58.9 Å². The highest BCUT2D eigenvalue weighted by atomic mass is 16.3. The molecule has 0 unspecified atom stereocenters. The summed E-state index contributed by atoms with van der Waals surface area (Å²) in [6, 6.07) is 8.32. The minimum atomic E-state index is 0.705. The van der Waals surface area contributed by atoms with E-state index in [1.165, 1.54) is 12.1 Å². The van der Waals surface area contributed by atoms with Gasteiger partial charge in [-0.2, -0.15) is 5.10 Å². The van der Waals surface area contributed by atoms with Gasteiger partial charge in [-0.15, -0.1) is 0 Å². The fourth-order valence-electron chi connectivity index (χ4n) is 2.72. The highest BCUT2D eigenvalue weighted by molar-refractivity contribution is 5.62. The van der Waals surface area contributed by atoms with Crippen LogP contribution in [0.15, 0.2) is 41.3 Å². The van der Waals surface area contributed by atoms with Crippen molar-refractivity contribution in [2.24, 2.45) is 0 Å². The second kappa shape index (κ2) is 8.14. The van der Waals surface area contributed by atoms with Crippen LogP contribution in [-0.2, 0) is 6.54 Å². The van der Waals surface area contributed by atoms with Gasteiger partial charge in [-0.1, -0.05) is 0 Å². The number of aryl methyl sites for hydroxylation is 1. The highest BCUT2D eigenvalue weighted by Gasteiger charge is 2.15. The molecule has 0 N–H and O–H groups in total. The van der Waals surface area contributed by atoms with Crippen molar-refractivity contribution < 1.29 is 4.42 Å². The van der Waals surface area contributed by atoms with Gasteiger partial charge in [0.2, 0.25) is 0 Å². The third-order valence-electron chi connectivity index (χ3n) is 4.35. The SMILES string of the molecule is CCN(C)c1ccc(-c2nc(-c3cocn3)n(CCCN(C)C)n2)cc1. The Morgan fingerprint density at radius 3 is 2.50 bits per heavy atom. The molecule has 26 heavy (non-hydrogen) atoms. The van der Waals surface area contributed by atoms with Crippen molar-refractivity contribution in [2.75, 3.05) is 39.1 Å². The Balaban J connectivity index is 1.87. The number of nitrogens with zero attached hydrogens (tertiary/aromatic N) is 6. The molecule has 0 spiro atoms. The van der Waals surface area contributed by atoms with Gasteiger partial charge in [0.15, 0.2) is 18.0 Å². The van der Waals surface area contributed by atoms with Gasteiger partial charge in [0.1, 0.15) is 12.0 Å². The van der Waals surface area contributed by atoms with Gasteiger partial charge in [-0.3, -0.25) is 0 Å². The van der Waals surface area contributed by atoms with Crippen molar-refractivity contribution in [2.45, 2.75) is 19.9 Å². The summed E-state index contributed by atoms with van der Waals surface area (Å²) < 4.78 is 7.05. The first-order valence-electron chi connectivity index (χ1n) is 8.88. The molecule has 2 heterocycles. The van der Waals surface area contributed by atoms with E-state index in [0.29, 0.717) is 11.5 Å². The molecule has 0 saturated carbocycles. The van der Waals surface area contributed by atoms with Crippen molar-refractivity contribution in [1.29, 1.82) is 0 Å². The maximum atomic E-state index is 5.13. The molecule has 7 nitrogen and oxygen atoms in total. The molecule has 0 saturated heterocycles. The van der Waals surface area contributed by atoms with E-state index in [0.717, 1.165) is 37.4 Å². The molecular formula is C19H26N6O. The first kappa shape index (κ1) is 18.1. The number of aromatic nitrogens is 4. The maximum Gasteiger partial charge on any atom is 0.181 e. The predicted octanol–water partition coefficient (Wildman–Crippen LogP) is 3.01. The molecule has 7 heteroatoms. The number of oxazole rings is 1. The zero-order valence-corrected chi connectivity index (χ0v) is 15.9. The van der Waals surface area contributed by atoms with Crippen LogP contribution in [0.4, 0.5) is 5.69 Å². The first-order chi connectivity index (χ1) is 12.6.